The molecule has 0 atom stereocenters. The Morgan fingerprint density at radius 1 is 1.03 bits per heavy atom. The van der Waals surface area contributed by atoms with Gasteiger partial charge in [-0.15, -0.1) is 0 Å². The van der Waals surface area contributed by atoms with Crippen LogP contribution in [0.3, 0.4) is 0 Å². The number of nitrogens with zero attached hydrogens (tertiary/aromatic N) is 4. The van der Waals surface area contributed by atoms with E-state index in [0.29, 0.717) is 11.3 Å². The zero-order valence-electron chi connectivity index (χ0n) is 16.6. The molecule has 1 N–H and O–H groups in total. The van der Waals surface area contributed by atoms with Crippen molar-refractivity contribution in [2.24, 2.45) is 5.10 Å². The lowest BCUT2D eigenvalue weighted by Crippen LogP contribution is -2.30. The Labute approximate surface area is 173 Å². The molecule has 0 aliphatic rings. The van der Waals surface area contributed by atoms with E-state index in [1.54, 1.807) is 20.8 Å². The van der Waals surface area contributed by atoms with Crippen LogP contribution in [0.25, 0.3) is 0 Å². The molecule has 0 saturated heterocycles. The molecule has 0 heterocycles. The van der Waals surface area contributed by atoms with E-state index < -0.39 is 25.6 Å². The van der Waals surface area contributed by atoms with Crippen molar-refractivity contribution in [1.29, 1.82) is 0 Å². The first-order valence-corrected chi connectivity index (χ1v) is 10.4. The summed E-state index contributed by atoms with van der Waals surface area (Å²) in [5.74, 6) is 0. The molecule has 2 rings (SSSR count). The molecule has 0 aliphatic heterocycles. The van der Waals surface area contributed by atoms with Gasteiger partial charge in [-0.05, 0) is 36.8 Å². The van der Waals surface area contributed by atoms with Gasteiger partial charge in [0, 0.05) is 31.3 Å². The Balaban J connectivity index is 2.34. The van der Waals surface area contributed by atoms with E-state index in [4.69, 9.17) is 0 Å². The zero-order valence-corrected chi connectivity index (χ0v) is 17.4. The lowest BCUT2D eigenvalue weighted by atomic mass is 10.1. The summed E-state index contributed by atoms with van der Waals surface area (Å²) in [6.07, 6.45) is 0. The molecule has 160 valence electrons. The van der Waals surface area contributed by atoms with Gasteiger partial charge >= 0.3 is 0 Å². The van der Waals surface area contributed by atoms with Gasteiger partial charge in [0.2, 0.25) is 10.0 Å². The van der Waals surface area contributed by atoms with E-state index in [9.17, 15) is 28.6 Å². The lowest BCUT2D eigenvalue weighted by Gasteiger charge is -2.18. The van der Waals surface area contributed by atoms with Crippen molar-refractivity contribution in [1.82, 2.24) is 4.31 Å². The van der Waals surface area contributed by atoms with Gasteiger partial charge in [0.1, 0.15) is 5.69 Å². The van der Waals surface area contributed by atoms with E-state index in [0.717, 1.165) is 6.07 Å². The Morgan fingerprint density at radius 2 is 1.63 bits per heavy atom. The maximum absolute atomic E-state index is 12.6. The summed E-state index contributed by atoms with van der Waals surface area (Å²) in [5, 5.41) is 26.3. The highest BCUT2D eigenvalue weighted by Crippen LogP contribution is 2.29. The molecule has 0 aliphatic carbocycles. The van der Waals surface area contributed by atoms with Gasteiger partial charge in [0.05, 0.1) is 20.5 Å². The summed E-state index contributed by atoms with van der Waals surface area (Å²) >= 11 is 0. The van der Waals surface area contributed by atoms with Gasteiger partial charge in [-0.3, -0.25) is 25.7 Å². The standard InChI is InChI=1S/C18H21N5O6S/c1-4-21(5-2)30(28,29)16-10-11-17(18(12-16)23(26)27)20-19-13(3)14-6-8-15(9-7-14)22(24)25/h6-12,20H,4-5H2,1-3H3. The molecule has 0 saturated carbocycles. The number of non-ortho nitro benzene ring substituents is 1. The minimum Gasteiger partial charge on any atom is -0.271 e. The first-order chi connectivity index (χ1) is 14.1. The largest absolute Gasteiger partial charge is 0.295 e. The molecule has 0 spiro atoms. The molecule has 12 heteroatoms. The number of nitro groups is 2. The topological polar surface area (TPSA) is 148 Å². The average molecular weight is 435 g/mol. The third-order valence-corrected chi connectivity index (χ3v) is 6.39. The maximum Gasteiger partial charge on any atom is 0.295 e. The Bertz CT molecular complexity index is 1080. The first kappa shape index (κ1) is 22.9. The normalized spacial score (nSPS) is 12.1. The highest BCUT2D eigenvalue weighted by atomic mass is 32.2. The molecule has 0 amide bonds. The smallest absolute Gasteiger partial charge is 0.271 e. The summed E-state index contributed by atoms with van der Waals surface area (Å²) in [7, 11) is -3.85. The molecule has 0 bridgehead atoms. The number of hydrogen-bond donors (Lipinski definition) is 1. The van der Waals surface area contributed by atoms with Crippen molar-refractivity contribution < 1.29 is 18.3 Å². The van der Waals surface area contributed by atoms with Gasteiger partial charge in [-0.25, -0.2) is 8.42 Å². The van der Waals surface area contributed by atoms with Gasteiger partial charge in [0.25, 0.3) is 11.4 Å². The van der Waals surface area contributed by atoms with Crippen LogP contribution in [0.2, 0.25) is 0 Å². The number of nitro benzene ring substituents is 2. The van der Waals surface area contributed by atoms with E-state index in [2.05, 4.69) is 10.5 Å². The van der Waals surface area contributed by atoms with E-state index >= 15 is 0 Å². The minimum absolute atomic E-state index is 0.0137. The lowest BCUT2D eigenvalue weighted by molar-refractivity contribution is -0.384. The minimum atomic E-state index is -3.85. The number of sulfonamides is 1. The van der Waals surface area contributed by atoms with Crippen LogP contribution in [0.1, 0.15) is 26.3 Å². The summed E-state index contributed by atoms with van der Waals surface area (Å²) in [4.78, 5) is 20.8. The van der Waals surface area contributed by atoms with Crippen molar-refractivity contribution in [2.45, 2.75) is 25.7 Å². The number of hydrogen-bond acceptors (Lipinski definition) is 8. The van der Waals surface area contributed by atoms with Crippen LogP contribution in [-0.4, -0.2) is 41.4 Å². The molecular weight excluding hydrogens is 414 g/mol. The highest BCUT2D eigenvalue weighted by Gasteiger charge is 2.25. The fourth-order valence-electron chi connectivity index (χ4n) is 2.66. The van der Waals surface area contributed by atoms with Crippen LogP contribution in [0.4, 0.5) is 17.1 Å². The number of rotatable bonds is 9. The maximum atomic E-state index is 12.6. The number of nitrogens with one attached hydrogen (secondary N) is 1. The molecule has 0 fully saturated rings. The third-order valence-electron chi connectivity index (χ3n) is 4.35. The Kier molecular flexibility index (Phi) is 7.19. The Morgan fingerprint density at radius 3 is 2.13 bits per heavy atom. The van der Waals surface area contributed by atoms with Crippen molar-refractivity contribution in [3.8, 4) is 0 Å². The zero-order chi connectivity index (χ0) is 22.5. The molecule has 2 aromatic carbocycles. The Hall–Kier alpha value is -3.38. The predicted molar refractivity (Wildman–Crippen MR) is 112 cm³/mol. The molecule has 0 aromatic heterocycles. The second-order valence-electron chi connectivity index (χ2n) is 6.14. The second-order valence-corrected chi connectivity index (χ2v) is 8.08. The summed E-state index contributed by atoms with van der Waals surface area (Å²) in [6.45, 7) is 5.47. The van der Waals surface area contributed by atoms with Crippen molar-refractivity contribution in [2.75, 3.05) is 18.5 Å². The SMILES string of the molecule is CCN(CC)S(=O)(=O)c1ccc(NN=C(C)c2ccc([N+](=O)[O-])cc2)c([N+](=O)[O-])c1. The van der Waals surface area contributed by atoms with Gasteiger partial charge < -0.3 is 0 Å². The monoisotopic (exact) mass is 435 g/mol. The van der Waals surface area contributed by atoms with Crippen molar-refractivity contribution in [3.63, 3.8) is 0 Å². The molecule has 30 heavy (non-hydrogen) atoms. The number of benzene rings is 2. The molecule has 0 radical (unpaired) electrons. The summed E-state index contributed by atoms with van der Waals surface area (Å²) in [5.41, 5.74) is 3.08. The van der Waals surface area contributed by atoms with Crippen LogP contribution >= 0.6 is 0 Å². The molecule has 2 aromatic rings. The highest BCUT2D eigenvalue weighted by molar-refractivity contribution is 7.89. The van der Waals surface area contributed by atoms with E-state index in [1.165, 1.54) is 40.7 Å². The van der Waals surface area contributed by atoms with Gasteiger partial charge in [-0.1, -0.05) is 13.8 Å². The van der Waals surface area contributed by atoms with E-state index in [1.807, 2.05) is 0 Å². The fraction of sp³-hybridized carbons (Fsp3) is 0.278. The quantitative estimate of drug-likeness (QED) is 0.360. The summed E-state index contributed by atoms with van der Waals surface area (Å²) < 4.78 is 26.4. The second kappa shape index (κ2) is 9.41. The van der Waals surface area contributed by atoms with Crippen molar-refractivity contribution in [3.05, 3.63) is 68.3 Å². The third kappa shape index (κ3) is 4.96. The van der Waals surface area contributed by atoms with Crippen LogP contribution in [0.5, 0.6) is 0 Å². The molecule has 11 nitrogen and oxygen atoms in total. The van der Waals surface area contributed by atoms with Crippen molar-refractivity contribution >= 4 is 32.8 Å². The van der Waals surface area contributed by atoms with Gasteiger partial charge in [0.15, 0.2) is 0 Å². The average Bonchev–Trinajstić information content (AvgIpc) is 2.72. The fourth-order valence-corrected chi connectivity index (χ4v) is 4.14. The molecule has 0 unspecified atom stereocenters. The first-order valence-electron chi connectivity index (χ1n) is 8.95. The van der Waals surface area contributed by atoms with Crippen LogP contribution < -0.4 is 5.43 Å². The van der Waals surface area contributed by atoms with Crippen LogP contribution in [0.15, 0.2) is 52.5 Å². The van der Waals surface area contributed by atoms with E-state index in [-0.39, 0.29) is 29.4 Å². The number of hydrazone groups is 1. The predicted octanol–water partition coefficient (Wildman–Crippen LogP) is 3.37. The number of anilines is 1. The van der Waals surface area contributed by atoms with Gasteiger partial charge in [-0.2, -0.15) is 9.41 Å². The molecular formula is C18H21N5O6S. The van der Waals surface area contributed by atoms with Crippen LogP contribution in [-0.2, 0) is 10.0 Å². The van der Waals surface area contributed by atoms with Crippen LogP contribution in [0, 0.1) is 20.2 Å². The summed E-state index contributed by atoms with van der Waals surface area (Å²) in [6, 6.07) is 9.21.